The Morgan fingerprint density at radius 1 is 1.38 bits per heavy atom. The molecule has 1 aliphatic rings. The van der Waals surface area contributed by atoms with Crippen molar-refractivity contribution >= 4 is 5.97 Å². The Labute approximate surface area is 93.9 Å². The number of aliphatic carboxylic acids is 1. The molecule has 0 spiro atoms. The van der Waals surface area contributed by atoms with Crippen molar-refractivity contribution in [2.75, 3.05) is 6.54 Å². The molecule has 0 aromatic heterocycles. The molecule has 0 saturated carbocycles. The van der Waals surface area contributed by atoms with Gasteiger partial charge in [0.15, 0.2) is 0 Å². The van der Waals surface area contributed by atoms with E-state index >= 15 is 0 Å². The molecule has 0 amide bonds. The van der Waals surface area contributed by atoms with Gasteiger partial charge in [0, 0.05) is 11.6 Å². The number of carbonyl (C=O) groups is 1. The van der Waals surface area contributed by atoms with Gasteiger partial charge in [-0.2, -0.15) is 0 Å². The SMILES string of the molecule is O=C(O)C1CCCNC1c1ccccc1O. The quantitative estimate of drug-likeness (QED) is 0.708. The Kier molecular flexibility index (Phi) is 3.10. The third kappa shape index (κ3) is 2.02. The largest absolute Gasteiger partial charge is 0.508 e. The Balaban J connectivity index is 2.30. The lowest BCUT2D eigenvalue weighted by atomic mass is 9.86. The number of para-hydroxylation sites is 1. The van der Waals surface area contributed by atoms with Crippen molar-refractivity contribution in [1.82, 2.24) is 5.32 Å². The van der Waals surface area contributed by atoms with E-state index < -0.39 is 11.9 Å². The molecule has 0 aliphatic carbocycles. The average molecular weight is 221 g/mol. The predicted molar refractivity (Wildman–Crippen MR) is 59.2 cm³/mol. The van der Waals surface area contributed by atoms with Crippen LogP contribution in [0.1, 0.15) is 24.4 Å². The average Bonchev–Trinajstić information content (AvgIpc) is 2.29. The van der Waals surface area contributed by atoms with Crippen molar-refractivity contribution < 1.29 is 15.0 Å². The first-order valence-electron chi connectivity index (χ1n) is 5.44. The van der Waals surface area contributed by atoms with E-state index in [2.05, 4.69) is 5.32 Å². The predicted octanol–water partition coefficient (Wildman–Crippen LogP) is 1.52. The molecular formula is C12H15NO3. The van der Waals surface area contributed by atoms with Crippen molar-refractivity contribution in [3.05, 3.63) is 29.8 Å². The van der Waals surface area contributed by atoms with E-state index in [1.54, 1.807) is 18.2 Å². The van der Waals surface area contributed by atoms with Crippen LogP contribution < -0.4 is 5.32 Å². The lowest BCUT2D eigenvalue weighted by molar-refractivity contribution is -0.143. The highest BCUT2D eigenvalue weighted by atomic mass is 16.4. The Bertz CT molecular complexity index is 392. The van der Waals surface area contributed by atoms with Crippen LogP contribution >= 0.6 is 0 Å². The fourth-order valence-electron chi connectivity index (χ4n) is 2.23. The van der Waals surface area contributed by atoms with Crippen LogP contribution in [0.15, 0.2) is 24.3 Å². The lowest BCUT2D eigenvalue weighted by Gasteiger charge is -2.30. The minimum atomic E-state index is -0.805. The van der Waals surface area contributed by atoms with Gasteiger partial charge in [0.25, 0.3) is 0 Å². The van der Waals surface area contributed by atoms with Gasteiger partial charge >= 0.3 is 5.97 Å². The maximum Gasteiger partial charge on any atom is 0.308 e. The van der Waals surface area contributed by atoms with E-state index in [1.807, 2.05) is 6.07 Å². The third-order valence-corrected chi connectivity index (χ3v) is 3.05. The molecular weight excluding hydrogens is 206 g/mol. The van der Waals surface area contributed by atoms with Crippen molar-refractivity contribution in [2.24, 2.45) is 5.92 Å². The molecule has 4 nitrogen and oxygen atoms in total. The summed E-state index contributed by atoms with van der Waals surface area (Å²) in [6.07, 6.45) is 1.52. The second-order valence-electron chi connectivity index (χ2n) is 4.08. The van der Waals surface area contributed by atoms with Crippen LogP contribution in [-0.2, 0) is 4.79 Å². The van der Waals surface area contributed by atoms with Crippen molar-refractivity contribution in [3.63, 3.8) is 0 Å². The number of hydrogen-bond donors (Lipinski definition) is 3. The Hall–Kier alpha value is -1.55. The van der Waals surface area contributed by atoms with E-state index in [4.69, 9.17) is 5.11 Å². The lowest BCUT2D eigenvalue weighted by Crippen LogP contribution is -2.38. The number of phenolic OH excluding ortho intramolecular Hbond substituents is 1. The topological polar surface area (TPSA) is 69.6 Å². The normalized spacial score (nSPS) is 25.2. The van der Waals surface area contributed by atoms with E-state index in [-0.39, 0.29) is 11.8 Å². The van der Waals surface area contributed by atoms with Gasteiger partial charge in [0.2, 0.25) is 0 Å². The van der Waals surface area contributed by atoms with E-state index in [9.17, 15) is 9.90 Å². The molecule has 0 bridgehead atoms. The zero-order valence-corrected chi connectivity index (χ0v) is 8.89. The van der Waals surface area contributed by atoms with E-state index in [0.717, 1.165) is 13.0 Å². The highest BCUT2D eigenvalue weighted by Crippen LogP contribution is 2.33. The minimum absolute atomic E-state index is 0.160. The monoisotopic (exact) mass is 221 g/mol. The summed E-state index contributed by atoms with van der Waals surface area (Å²) in [6.45, 7) is 0.794. The smallest absolute Gasteiger partial charge is 0.308 e. The molecule has 1 aromatic carbocycles. The molecule has 2 unspecified atom stereocenters. The van der Waals surface area contributed by atoms with Gasteiger partial charge in [0.05, 0.1) is 5.92 Å². The highest BCUT2D eigenvalue weighted by molar-refractivity contribution is 5.71. The molecule has 3 N–H and O–H groups in total. The second kappa shape index (κ2) is 4.53. The Morgan fingerprint density at radius 2 is 2.12 bits per heavy atom. The fourth-order valence-corrected chi connectivity index (χ4v) is 2.23. The number of benzene rings is 1. The first-order valence-corrected chi connectivity index (χ1v) is 5.44. The zero-order valence-electron chi connectivity index (χ0n) is 8.89. The van der Waals surface area contributed by atoms with Crippen molar-refractivity contribution in [3.8, 4) is 5.75 Å². The summed E-state index contributed by atoms with van der Waals surface area (Å²) in [7, 11) is 0. The van der Waals surface area contributed by atoms with Gasteiger partial charge in [-0.25, -0.2) is 0 Å². The van der Waals surface area contributed by atoms with Gasteiger partial charge in [-0.1, -0.05) is 18.2 Å². The first kappa shape index (κ1) is 11.0. The maximum atomic E-state index is 11.1. The number of carboxylic acid groups (broad SMARTS) is 1. The van der Waals surface area contributed by atoms with Crippen LogP contribution in [0.2, 0.25) is 0 Å². The summed E-state index contributed by atoms with van der Waals surface area (Å²) in [6, 6.07) is 6.62. The van der Waals surface area contributed by atoms with Crippen LogP contribution in [0.3, 0.4) is 0 Å². The van der Waals surface area contributed by atoms with Crippen LogP contribution in [0, 0.1) is 5.92 Å². The Morgan fingerprint density at radius 3 is 2.81 bits per heavy atom. The second-order valence-corrected chi connectivity index (χ2v) is 4.08. The third-order valence-electron chi connectivity index (χ3n) is 3.05. The first-order chi connectivity index (χ1) is 7.70. The van der Waals surface area contributed by atoms with Crippen LogP contribution in [0.25, 0.3) is 0 Å². The molecule has 2 atom stereocenters. The number of nitrogens with one attached hydrogen (secondary N) is 1. The maximum absolute atomic E-state index is 11.1. The van der Waals surface area contributed by atoms with Crippen LogP contribution in [0.5, 0.6) is 5.75 Å². The van der Waals surface area contributed by atoms with Crippen molar-refractivity contribution in [1.29, 1.82) is 0 Å². The van der Waals surface area contributed by atoms with Gasteiger partial charge in [0.1, 0.15) is 5.75 Å². The number of carboxylic acids is 1. The van der Waals surface area contributed by atoms with Gasteiger partial charge in [-0.3, -0.25) is 4.79 Å². The number of aromatic hydroxyl groups is 1. The molecule has 4 heteroatoms. The molecule has 1 aromatic rings. The number of piperidine rings is 1. The molecule has 0 radical (unpaired) electrons. The molecule has 2 rings (SSSR count). The minimum Gasteiger partial charge on any atom is -0.508 e. The summed E-state index contributed by atoms with van der Waals surface area (Å²) in [5.74, 6) is -1.10. The van der Waals surface area contributed by atoms with Gasteiger partial charge in [-0.15, -0.1) is 0 Å². The number of hydrogen-bond acceptors (Lipinski definition) is 3. The van der Waals surface area contributed by atoms with Crippen LogP contribution in [0.4, 0.5) is 0 Å². The van der Waals surface area contributed by atoms with Crippen molar-refractivity contribution in [2.45, 2.75) is 18.9 Å². The molecule has 1 saturated heterocycles. The van der Waals surface area contributed by atoms with Gasteiger partial charge in [-0.05, 0) is 25.5 Å². The summed E-state index contributed by atoms with van der Waals surface area (Å²) in [5.41, 5.74) is 0.676. The molecule has 86 valence electrons. The molecule has 1 fully saturated rings. The van der Waals surface area contributed by atoms with Gasteiger partial charge < -0.3 is 15.5 Å². The summed E-state index contributed by atoms with van der Waals surface area (Å²) in [5, 5.41) is 22.0. The van der Waals surface area contributed by atoms with Crippen LogP contribution in [-0.4, -0.2) is 22.7 Å². The summed E-state index contributed by atoms with van der Waals surface area (Å²) >= 11 is 0. The fraction of sp³-hybridized carbons (Fsp3) is 0.417. The standard InChI is InChI=1S/C12H15NO3/c14-10-6-2-1-4-8(10)11-9(12(15)16)5-3-7-13-11/h1-2,4,6,9,11,13-14H,3,5,7H2,(H,15,16). The highest BCUT2D eigenvalue weighted by Gasteiger charge is 2.32. The molecule has 16 heavy (non-hydrogen) atoms. The van der Waals surface area contributed by atoms with E-state index in [1.165, 1.54) is 0 Å². The molecule has 1 heterocycles. The summed E-state index contributed by atoms with van der Waals surface area (Å²) < 4.78 is 0. The molecule has 1 aliphatic heterocycles. The zero-order chi connectivity index (χ0) is 11.5. The summed E-state index contributed by atoms with van der Waals surface area (Å²) in [4.78, 5) is 11.1. The van der Waals surface area contributed by atoms with E-state index in [0.29, 0.717) is 12.0 Å². The number of phenols is 1. The number of rotatable bonds is 2.